The molecule has 1 unspecified atom stereocenters. The van der Waals surface area contributed by atoms with Crippen LogP contribution in [0.2, 0.25) is 10.0 Å². The van der Waals surface area contributed by atoms with Gasteiger partial charge in [0.2, 0.25) is 0 Å². The summed E-state index contributed by atoms with van der Waals surface area (Å²) in [5.74, 6) is -0.617. The molecule has 0 saturated heterocycles. The molecule has 1 N–H and O–H groups in total. The molecular formula is C23H26Cl2N2O2. The van der Waals surface area contributed by atoms with Crippen LogP contribution in [0, 0.1) is 0 Å². The quantitative estimate of drug-likeness (QED) is 0.520. The average molecular weight is 433 g/mol. The summed E-state index contributed by atoms with van der Waals surface area (Å²) in [4.78, 5) is 18.1. The Morgan fingerprint density at radius 1 is 1.28 bits per heavy atom. The molecule has 0 fully saturated rings. The molecule has 0 amide bonds. The van der Waals surface area contributed by atoms with E-state index in [1.807, 2.05) is 6.07 Å². The fraction of sp³-hybridized carbons (Fsp3) is 0.391. The number of aromatic carboxylic acids is 1. The van der Waals surface area contributed by atoms with Gasteiger partial charge in [0.25, 0.3) is 0 Å². The van der Waals surface area contributed by atoms with Gasteiger partial charge in [-0.15, -0.1) is 0 Å². The van der Waals surface area contributed by atoms with E-state index in [9.17, 15) is 9.90 Å². The number of hydrogen-bond acceptors (Lipinski definition) is 3. The van der Waals surface area contributed by atoms with Crippen LogP contribution in [0.15, 0.2) is 35.3 Å². The highest BCUT2D eigenvalue weighted by molar-refractivity contribution is 6.34. The van der Waals surface area contributed by atoms with Crippen molar-refractivity contribution in [1.82, 2.24) is 0 Å². The smallest absolute Gasteiger partial charge is 0.335 e. The average Bonchev–Trinajstić information content (AvgIpc) is 2.64. The van der Waals surface area contributed by atoms with Crippen molar-refractivity contribution < 1.29 is 9.90 Å². The lowest BCUT2D eigenvalue weighted by Crippen LogP contribution is -2.48. The molecule has 0 spiro atoms. The van der Waals surface area contributed by atoms with Gasteiger partial charge in [-0.2, -0.15) is 0 Å². The topological polar surface area (TPSA) is 52.9 Å². The van der Waals surface area contributed by atoms with Crippen molar-refractivity contribution in [3.05, 3.63) is 57.1 Å². The summed E-state index contributed by atoms with van der Waals surface area (Å²) < 4.78 is 0. The molecule has 1 aliphatic heterocycles. The predicted octanol–water partition coefficient (Wildman–Crippen LogP) is 6.94. The van der Waals surface area contributed by atoms with Gasteiger partial charge in [-0.3, -0.25) is 4.99 Å². The third-order valence-corrected chi connectivity index (χ3v) is 6.13. The first kappa shape index (κ1) is 21.7. The van der Waals surface area contributed by atoms with Crippen molar-refractivity contribution in [1.29, 1.82) is 0 Å². The number of rotatable bonds is 5. The van der Waals surface area contributed by atoms with Crippen molar-refractivity contribution in [2.45, 2.75) is 52.0 Å². The lowest BCUT2D eigenvalue weighted by Gasteiger charge is -2.47. The van der Waals surface area contributed by atoms with Gasteiger partial charge in [-0.25, -0.2) is 4.79 Å². The number of anilines is 1. The van der Waals surface area contributed by atoms with E-state index in [4.69, 9.17) is 23.2 Å². The molecule has 29 heavy (non-hydrogen) atoms. The molecule has 6 heteroatoms. The molecule has 1 heterocycles. The molecule has 1 aliphatic rings. The fourth-order valence-electron chi connectivity index (χ4n) is 4.15. The van der Waals surface area contributed by atoms with E-state index < -0.39 is 5.97 Å². The minimum absolute atomic E-state index is 0.0756. The van der Waals surface area contributed by atoms with Crippen molar-refractivity contribution >= 4 is 46.8 Å². The summed E-state index contributed by atoms with van der Waals surface area (Å²) in [6.45, 7) is 9.97. The standard InChI is InChI=1S/C23H26Cl2N2O2/c1-5-8-27-21-11-19(25)16(9-17(21)14(2)12-23(27,3)4)13-26-20-10-15(22(28)29)6-7-18(20)24/h6-7,9-11,13-14H,5,8,12H2,1-4H3,(H,28,29). The molecule has 2 aromatic rings. The first-order valence-electron chi connectivity index (χ1n) is 9.82. The Kier molecular flexibility index (Phi) is 6.25. The van der Waals surface area contributed by atoms with Crippen LogP contribution in [0.4, 0.5) is 11.4 Å². The number of carbonyl (C=O) groups is 1. The number of nitrogens with zero attached hydrogens (tertiary/aromatic N) is 2. The Morgan fingerprint density at radius 2 is 2.00 bits per heavy atom. The van der Waals surface area contributed by atoms with Crippen LogP contribution < -0.4 is 4.90 Å². The zero-order valence-corrected chi connectivity index (χ0v) is 18.7. The van der Waals surface area contributed by atoms with Crippen LogP contribution in [-0.2, 0) is 0 Å². The molecule has 0 saturated carbocycles. The molecule has 2 aromatic carbocycles. The maximum Gasteiger partial charge on any atom is 0.335 e. The SMILES string of the molecule is CCCN1c2cc(Cl)c(C=Nc3cc(C(=O)O)ccc3Cl)cc2C(C)CC1(C)C. The summed E-state index contributed by atoms with van der Waals surface area (Å²) >= 11 is 12.8. The highest BCUT2D eigenvalue weighted by Crippen LogP contribution is 2.45. The molecule has 0 aromatic heterocycles. The number of carboxylic acids is 1. The van der Waals surface area contributed by atoms with Crippen LogP contribution in [0.25, 0.3) is 0 Å². The van der Waals surface area contributed by atoms with Crippen LogP contribution >= 0.6 is 23.2 Å². The molecule has 1 atom stereocenters. The summed E-state index contributed by atoms with van der Waals surface area (Å²) in [6.07, 6.45) is 3.79. The number of aliphatic imine (C=N–C) groups is 1. The Hall–Kier alpha value is -2.04. The largest absolute Gasteiger partial charge is 0.478 e. The van der Waals surface area contributed by atoms with Gasteiger partial charge in [0.1, 0.15) is 0 Å². The minimum atomic E-state index is -1.02. The molecule has 0 radical (unpaired) electrons. The number of hydrogen-bond donors (Lipinski definition) is 1. The summed E-state index contributed by atoms with van der Waals surface area (Å²) in [5, 5.41) is 10.2. The minimum Gasteiger partial charge on any atom is -0.478 e. The van der Waals surface area contributed by atoms with E-state index >= 15 is 0 Å². The van der Waals surface area contributed by atoms with E-state index in [1.54, 1.807) is 12.3 Å². The van der Waals surface area contributed by atoms with E-state index in [1.165, 1.54) is 23.4 Å². The lowest BCUT2D eigenvalue weighted by atomic mass is 9.79. The third kappa shape index (κ3) is 4.44. The van der Waals surface area contributed by atoms with Crippen molar-refractivity contribution in [2.24, 2.45) is 4.99 Å². The zero-order valence-electron chi connectivity index (χ0n) is 17.2. The summed E-state index contributed by atoms with van der Waals surface area (Å²) in [7, 11) is 0. The normalized spacial score (nSPS) is 18.1. The zero-order chi connectivity index (χ0) is 21.3. The van der Waals surface area contributed by atoms with Crippen LogP contribution in [0.1, 0.15) is 67.9 Å². The van der Waals surface area contributed by atoms with E-state index in [0.717, 1.165) is 24.9 Å². The Morgan fingerprint density at radius 3 is 2.66 bits per heavy atom. The van der Waals surface area contributed by atoms with Crippen molar-refractivity contribution in [2.75, 3.05) is 11.4 Å². The first-order chi connectivity index (χ1) is 13.6. The van der Waals surface area contributed by atoms with Crippen LogP contribution in [-0.4, -0.2) is 29.4 Å². The van der Waals surface area contributed by atoms with Crippen molar-refractivity contribution in [3.8, 4) is 0 Å². The van der Waals surface area contributed by atoms with Gasteiger partial charge in [0.05, 0.1) is 21.3 Å². The summed E-state index contributed by atoms with van der Waals surface area (Å²) in [5.41, 5.74) is 3.86. The molecular weight excluding hydrogens is 407 g/mol. The van der Waals surface area contributed by atoms with Gasteiger partial charge in [0.15, 0.2) is 0 Å². The van der Waals surface area contributed by atoms with Crippen molar-refractivity contribution in [3.63, 3.8) is 0 Å². The molecule has 0 bridgehead atoms. The number of fused-ring (bicyclic) bond motifs is 1. The number of benzene rings is 2. The fourth-order valence-corrected chi connectivity index (χ4v) is 4.52. The van der Waals surface area contributed by atoms with Gasteiger partial charge < -0.3 is 10.0 Å². The monoisotopic (exact) mass is 432 g/mol. The summed E-state index contributed by atoms with van der Waals surface area (Å²) in [6, 6.07) is 8.58. The van der Waals surface area contributed by atoms with E-state index in [-0.39, 0.29) is 11.1 Å². The Balaban J connectivity index is 2.01. The third-order valence-electron chi connectivity index (χ3n) is 5.49. The lowest BCUT2D eigenvalue weighted by molar-refractivity contribution is 0.0697. The maximum atomic E-state index is 11.2. The highest BCUT2D eigenvalue weighted by atomic mass is 35.5. The van der Waals surface area contributed by atoms with Gasteiger partial charge in [0, 0.05) is 29.5 Å². The molecule has 3 rings (SSSR count). The second-order valence-corrected chi connectivity index (χ2v) is 9.05. The molecule has 0 aliphatic carbocycles. The second kappa shape index (κ2) is 8.37. The van der Waals surface area contributed by atoms with Gasteiger partial charge in [-0.05, 0) is 68.5 Å². The van der Waals surface area contributed by atoms with Crippen LogP contribution in [0.5, 0.6) is 0 Å². The van der Waals surface area contributed by atoms with Crippen LogP contribution in [0.3, 0.4) is 0 Å². The Bertz CT molecular complexity index is 970. The Labute approximate surface area is 182 Å². The van der Waals surface area contributed by atoms with Gasteiger partial charge >= 0.3 is 5.97 Å². The number of halogens is 2. The second-order valence-electron chi connectivity index (χ2n) is 8.23. The van der Waals surface area contributed by atoms with E-state index in [0.29, 0.717) is 21.7 Å². The predicted molar refractivity (Wildman–Crippen MR) is 122 cm³/mol. The first-order valence-corrected chi connectivity index (χ1v) is 10.6. The number of carboxylic acid groups (broad SMARTS) is 1. The molecule has 154 valence electrons. The maximum absolute atomic E-state index is 11.2. The van der Waals surface area contributed by atoms with Gasteiger partial charge in [-0.1, -0.05) is 37.0 Å². The highest BCUT2D eigenvalue weighted by Gasteiger charge is 2.36. The van der Waals surface area contributed by atoms with E-state index in [2.05, 4.69) is 43.7 Å². The molecule has 4 nitrogen and oxygen atoms in total.